The minimum absolute atomic E-state index is 0.563. The first-order valence-corrected chi connectivity index (χ1v) is 2.03. The van der Waals surface area contributed by atoms with Crippen molar-refractivity contribution in [2.75, 3.05) is 0 Å². The molecule has 0 unspecified atom stereocenters. The van der Waals surface area contributed by atoms with Gasteiger partial charge in [0, 0.05) is 0 Å². The average molecular weight is 111 g/mol. The molecule has 0 saturated heterocycles. The van der Waals surface area contributed by atoms with Crippen LogP contribution in [0.5, 0.6) is 0 Å². The molecule has 1 rings (SSSR count). The van der Waals surface area contributed by atoms with Gasteiger partial charge in [-0.15, -0.1) is 5.11 Å². The van der Waals surface area contributed by atoms with E-state index in [-0.39, 0.29) is 0 Å². The summed E-state index contributed by atoms with van der Waals surface area (Å²) in [4.78, 5) is 6.36. The zero-order chi connectivity index (χ0) is 5.82. The Bertz CT molecular complexity index is 164. The average Bonchev–Trinajstić information content (AvgIpc) is 2.19. The molecule has 1 aromatic rings. The van der Waals surface area contributed by atoms with E-state index in [4.69, 9.17) is 5.84 Å². The molecule has 42 valence electrons. The van der Waals surface area contributed by atoms with Crippen molar-refractivity contribution < 1.29 is 0 Å². The standard InChI is InChI=1S/C3H5N5/c4-8-7-3-1-5-2-6-3/h1-2H,(H2,4,7)(H,5,6). The number of imidazole rings is 1. The Morgan fingerprint density at radius 2 is 2.62 bits per heavy atom. The Morgan fingerprint density at radius 1 is 1.75 bits per heavy atom. The highest BCUT2D eigenvalue weighted by molar-refractivity contribution is 5.18. The summed E-state index contributed by atoms with van der Waals surface area (Å²) in [6.45, 7) is 0. The van der Waals surface area contributed by atoms with Gasteiger partial charge in [0.15, 0.2) is 5.82 Å². The van der Waals surface area contributed by atoms with Gasteiger partial charge in [-0.3, -0.25) is 0 Å². The Hall–Kier alpha value is -1.39. The maximum atomic E-state index is 4.73. The molecule has 0 aliphatic carbocycles. The van der Waals surface area contributed by atoms with E-state index in [2.05, 4.69) is 20.3 Å². The van der Waals surface area contributed by atoms with Crippen molar-refractivity contribution in [3.8, 4) is 0 Å². The van der Waals surface area contributed by atoms with Gasteiger partial charge in [-0.1, -0.05) is 5.22 Å². The number of nitrogens with zero attached hydrogens (tertiary/aromatic N) is 3. The van der Waals surface area contributed by atoms with Crippen LogP contribution < -0.4 is 5.84 Å². The SMILES string of the molecule is NN=Nc1cnc[nH]1. The van der Waals surface area contributed by atoms with Crippen molar-refractivity contribution >= 4 is 5.82 Å². The second kappa shape index (κ2) is 2.06. The van der Waals surface area contributed by atoms with Crippen LogP contribution in [0.3, 0.4) is 0 Å². The first-order chi connectivity index (χ1) is 3.93. The van der Waals surface area contributed by atoms with Gasteiger partial charge in [0.1, 0.15) is 0 Å². The van der Waals surface area contributed by atoms with Crippen LogP contribution in [-0.2, 0) is 0 Å². The van der Waals surface area contributed by atoms with E-state index in [1.807, 2.05) is 0 Å². The van der Waals surface area contributed by atoms with Crippen LogP contribution in [0.2, 0.25) is 0 Å². The fourth-order valence-electron chi connectivity index (χ4n) is 0.365. The molecule has 8 heavy (non-hydrogen) atoms. The lowest BCUT2D eigenvalue weighted by Crippen LogP contribution is -1.72. The Morgan fingerprint density at radius 3 is 3.12 bits per heavy atom. The molecule has 0 atom stereocenters. The van der Waals surface area contributed by atoms with E-state index in [0.717, 1.165) is 0 Å². The van der Waals surface area contributed by atoms with Gasteiger partial charge < -0.3 is 10.8 Å². The maximum absolute atomic E-state index is 4.73. The topological polar surface area (TPSA) is 79.4 Å². The molecule has 1 heterocycles. The maximum Gasteiger partial charge on any atom is 0.173 e. The van der Waals surface area contributed by atoms with Crippen molar-refractivity contribution in [2.45, 2.75) is 0 Å². The highest BCUT2D eigenvalue weighted by Crippen LogP contribution is 2.01. The summed E-state index contributed by atoms with van der Waals surface area (Å²) in [5, 5.41) is 6.48. The lowest BCUT2D eigenvalue weighted by Gasteiger charge is -1.74. The van der Waals surface area contributed by atoms with Gasteiger partial charge in [0.05, 0.1) is 12.5 Å². The Labute approximate surface area is 45.6 Å². The monoisotopic (exact) mass is 111 g/mol. The van der Waals surface area contributed by atoms with Gasteiger partial charge in [-0.05, 0) is 0 Å². The van der Waals surface area contributed by atoms with Crippen LogP contribution in [0.15, 0.2) is 22.9 Å². The minimum Gasteiger partial charge on any atom is -0.328 e. The van der Waals surface area contributed by atoms with Gasteiger partial charge in [0.25, 0.3) is 0 Å². The summed E-state index contributed by atoms with van der Waals surface area (Å²) in [6.07, 6.45) is 3.03. The van der Waals surface area contributed by atoms with Gasteiger partial charge >= 0.3 is 0 Å². The summed E-state index contributed by atoms with van der Waals surface area (Å²) < 4.78 is 0. The number of nitrogens with two attached hydrogens (primary N) is 1. The van der Waals surface area contributed by atoms with E-state index in [1.54, 1.807) is 0 Å². The predicted octanol–water partition coefficient (Wildman–Crippen LogP) is 0.367. The molecule has 0 aliphatic rings. The largest absolute Gasteiger partial charge is 0.328 e. The number of nitrogens with one attached hydrogen (secondary N) is 1. The Kier molecular flexibility index (Phi) is 1.23. The minimum atomic E-state index is 0.563. The quantitative estimate of drug-likeness (QED) is 0.312. The highest BCUT2D eigenvalue weighted by Gasteiger charge is 1.83. The smallest absolute Gasteiger partial charge is 0.173 e. The van der Waals surface area contributed by atoms with Crippen molar-refractivity contribution in [3.05, 3.63) is 12.5 Å². The molecule has 0 amide bonds. The zero-order valence-corrected chi connectivity index (χ0v) is 4.07. The van der Waals surface area contributed by atoms with Crippen LogP contribution >= 0.6 is 0 Å². The summed E-state index contributed by atoms with van der Waals surface area (Å²) in [7, 11) is 0. The number of H-pyrrole nitrogens is 1. The summed E-state index contributed by atoms with van der Waals surface area (Å²) >= 11 is 0. The van der Waals surface area contributed by atoms with E-state index >= 15 is 0 Å². The highest BCUT2D eigenvalue weighted by atomic mass is 15.3. The molecule has 0 aromatic carbocycles. The summed E-state index contributed by atoms with van der Waals surface area (Å²) in [5.41, 5.74) is 0. The summed E-state index contributed by atoms with van der Waals surface area (Å²) in [6, 6.07) is 0. The first kappa shape index (κ1) is 4.76. The summed E-state index contributed by atoms with van der Waals surface area (Å²) in [5.74, 6) is 5.29. The molecule has 0 aliphatic heterocycles. The predicted molar refractivity (Wildman–Crippen MR) is 27.3 cm³/mol. The second-order valence-electron chi connectivity index (χ2n) is 1.15. The van der Waals surface area contributed by atoms with Crippen LogP contribution in [0.4, 0.5) is 5.82 Å². The molecular formula is C3H5N5. The molecule has 1 aromatic heterocycles. The van der Waals surface area contributed by atoms with Gasteiger partial charge in [-0.2, -0.15) is 0 Å². The van der Waals surface area contributed by atoms with Crippen LogP contribution in [0.25, 0.3) is 0 Å². The number of hydrogen-bond donors (Lipinski definition) is 2. The number of hydrogen-bond acceptors (Lipinski definition) is 3. The molecule has 0 radical (unpaired) electrons. The number of aromatic amines is 1. The molecule has 5 heteroatoms. The third-order valence-electron chi connectivity index (χ3n) is 0.649. The van der Waals surface area contributed by atoms with Crippen LogP contribution in [-0.4, -0.2) is 9.97 Å². The second-order valence-corrected chi connectivity index (χ2v) is 1.15. The van der Waals surface area contributed by atoms with Gasteiger partial charge in [-0.25, -0.2) is 4.98 Å². The normalized spacial score (nSPS) is 10.5. The fraction of sp³-hybridized carbons (Fsp3) is 0. The number of aromatic nitrogens is 2. The van der Waals surface area contributed by atoms with Crippen molar-refractivity contribution in [2.24, 2.45) is 16.2 Å². The molecular weight excluding hydrogens is 106 g/mol. The molecule has 3 N–H and O–H groups in total. The van der Waals surface area contributed by atoms with Crippen LogP contribution in [0.1, 0.15) is 0 Å². The molecule has 5 nitrogen and oxygen atoms in total. The zero-order valence-electron chi connectivity index (χ0n) is 4.07. The van der Waals surface area contributed by atoms with E-state index in [1.165, 1.54) is 12.5 Å². The van der Waals surface area contributed by atoms with Crippen molar-refractivity contribution in [3.63, 3.8) is 0 Å². The van der Waals surface area contributed by atoms with Gasteiger partial charge in [0.2, 0.25) is 0 Å². The van der Waals surface area contributed by atoms with Crippen molar-refractivity contribution in [1.82, 2.24) is 9.97 Å². The van der Waals surface area contributed by atoms with Crippen LogP contribution in [0, 0.1) is 0 Å². The molecule has 0 fully saturated rings. The lowest BCUT2D eigenvalue weighted by atomic mass is 10.8. The molecule has 0 saturated carbocycles. The third-order valence-corrected chi connectivity index (χ3v) is 0.649. The van der Waals surface area contributed by atoms with Crippen molar-refractivity contribution in [1.29, 1.82) is 0 Å². The fourth-order valence-corrected chi connectivity index (χ4v) is 0.365. The van der Waals surface area contributed by atoms with E-state index in [9.17, 15) is 0 Å². The third kappa shape index (κ3) is 0.810. The first-order valence-electron chi connectivity index (χ1n) is 2.03. The van der Waals surface area contributed by atoms with E-state index < -0.39 is 0 Å². The molecule has 0 spiro atoms. The molecule has 0 bridgehead atoms. The number of rotatable bonds is 1. The lowest BCUT2D eigenvalue weighted by molar-refractivity contribution is 1.04. The Balaban J connectivity index is 2.77. The van der Waals surface area contributed by atoms with E-state index in [0.29, 0.717) is 5.82 Å².